The standard InChI is InChI=1S/C19H23NO3.C10H6N2O4S2/c1-13-8-9-14(2)18(10-13)23-12-15-6-4-5-7-16(15)19(22-3)17(21)11-20;1-11-7(13)3-4(8(11)14)18-6-5(17-3)9(15)12(2)10(6)16/h4-10,19H,11-12,20H2,1-3H3;1-2H3/t19-;/m1./s1. The van der Waals surface area contributed by atoms with Crippen LogP contribution in [-0.4, -0.2) is 28.6 Å². The zero-order valence-corrected chi connectivity index (χ0v) is 24.8. The highest BCUT2D eigenvalue weighted by Gasteiger charge is 2.22. The Labute approximate surface area is 242 Å². The van der Waals surface area contributed by atoms with Crippen molar-refractivity contribution >= 4 is 47.3 Å². The van der Waals surface area contributed by atoms with Crippen LogP contribution in [0.25, 0.3) is 18.8 Å². The minimum atomic E-state index is -0.654. The molecule has 0 amide bonds. The summed E-state index contributed by atoms with van der Waals surface area (Å²) in [6.45, 7) is 4.36. The quantitative estimate of drug-likeness (QED) is 0.303. The number of methoxy groups -OCH3 is 1. The number of rotatable bonds is 7. The lowest BCUT2D eigenvalue weighted by Crippen LogP contribution is -2.24. The lowest BCUT2D eigenvalue weighted by atomic mass is 9.99. The third kappa shape index (κ3) is 5.77. The zero-order chi connectivity index (χ0) is 30.0. The number of carbonyl (C=O) groups excluding carboxylic acids is 1. The number of fused-ring (bicyclic) bond motifs is 2. The van der Waals surface area contributed by atoms with Gasteiger partial charge in [-0.15, -0.1) is 22.7 Å². The normalized spacial score (nSPS) is 11.9. The number of hydrogen-bond donors (Lipinski definition) is 1. The maximum absolute atomic E-state index is 12.0. The van der Waals surface area contributed by atoms with Gasteiger partial charge in [0.2, 0.25) is 0 Å². The van der Waals surface area contributed by atoms with Crippen molar-refractivity contribution in [2.75, 3.05) is 13.7 Å². The molecule has 0 aliphatic rings. The number of ether oxygens (including phenoxy) is 2. The molecule has 0 spiro atoms. The Balaban J connectivity index is 0.000000194. The Morgan fingerprint density at radius 2 is 1.37 bits per heavy atom. The summed E-state index contributed by atoms with van der Waals surface area (Å²) in [7, 11) is 4.27. The van der Waals surface area contributed by atoms with E-state index in [9.17, 15) is 24.0 Å². The van der Waals surface area contributed by atoms with Gasteiger partial charge < -0.3 is 15.2 Å². The first-order valence-electron chi connectivity index (χ1n) is 12.5. The first kappa shape index (κ1) is 30.0. The molecule has 0 aliphatic carbocycles. The second-order valence-electron chi connectivity index (χ2n) is 9.40. The van der Waals surface area contributed by atoms with Gasteiger partial charge in [0, 0.05) is 21.2 Å². The van der Waals surface area contributed by atoms with Crippen LogP contribution in [0.1, 0.15) is 28.4 Å². The molecule has 5 aromatic rings. The topological polar surface area (TPSA) is 140 Å². The SMILES string of the molecule is CO[C@@H](C(=O)CN)c1ccccc1COc1cc(C)ccc1C.Cn1c(=O)c2sc3c(=O)n(C)c(=O)c3sc2c1=O. The van der Waals surface area contributed by atoms with Gasteiger partial charge in [-0.3, -0.25) is 33.1 Å². The molecular formula is C29H29N3O7S2. The van der Waals surface area contributed by atoms with Crippen LogP contribution in [0.2, 0.25) is 0 Å². The maximum atomic E-state index is 12.0. The molecule has 3 aromatic heterocycles. The Morgan fingerprint density at radius 3 is 1.85 bits per heavy atom. The van der Waals surface area contributed by atoms with E-state index in [0.717, 1.165) is 59.8 Å². The average molecular weight is 596 g/mol. The van der Waals surface area contributed by atoms with Crippen molar-refractivity contribution in [2.24, 2.45) is 19.8 Å². The largest absolute Gasteiger partial charge is 0.489 e. The summed E-state index contributed by atoms with van der Waals surface area (Å²) in [4.78, 5) is 59.1. The maximum Gasteiger partial charge on any atom is 0.272 e. The Morgan fingerprint density at radius 1 is 0.854 bits per heavy atom. The zero-order valence-electron chi connectivity index (χ0n) is 23.2. The van der Waals surface area contributed by atoms with E-state index in [-0.39, 0.29) is 31.1 Å². The predicted octanol–water partition coefficient (Wildman–Crippen LogP) is 2.77. The molecule has 214 valence electrons. The summed E-state index contributed by atoms with van der Waals surface area (Å²) in [5, 5.41) is 0. The lowest BCUT2D eigenvalue weighted by Gasteiger charge is -2.18. The van der Waals surface area contributed by atoms with Gasteiger partial charge in [-0.1, -0.05) is 36.4 Å². The number of carbonyl (C=O) groups is 1. The number of nitrogens with two attached hydrogens (primary N) is 1. The molecule has 0 saturated carbocycles. The predicted molar refractivity (Wildman–Crippen MR) is 162 cm³/mol. The number of aryl methyl sites for hydroxylation is 2. The van der Waals surface area contributed by atoms with E-state index in [1.807, 2.05) is 50.2 Å². The van der Waals surface area contributed by atoms with E-state index in [0.29, 0.717) is 6.61 Å². The van der Waals surface area contributed by atoms with Gasteiger partial charge in [0.15, 0.2) is 5.78 Å². The fourth-order valence-electron chi connectivity index (χ4n) is 4.22. The number of hydrogen-bond acceptors (Lipinski definition) is 10. The van der Waals surface area contributed by atoms with E-state index in [4.69, 9.17) is 15.2 Å². The monoisotopic (exact) mass is 595 g/mol. The van der Waals surface area contributed by atoms with Crippen molar-refractivity contribution in [3.63, 3.8) is 0 Å². The van der Waals surface area contributed by atoms with Crippen LogP contribution in [0.4, 0.5) is 0 Å². The van der Waals surface area contributed by atoms with Gasteiger partial charge in [-0.2, -0.15) is 0 Å². The number of aromatic nitrogens is 2. The molecule has 0 saturated heterocycles. The van der Waals surface area contributed by atoms with Gasteiger partial charge >= 0.3 is 0 Å². The van der Waals surface area contributed by atoms with Crippen molar-refractivity contribution in [1.29, 1.82) is 0 Å². The van der Waals surface area contributed by atoms with Crippen LogP contribution in [-0.2, 0) is 30.2 Å². The van der Waals surface area contributed by atoms with E-state index >= 15 is 0 Å². The molecule has 1 atom stereocenters. The highest BCUT2D eigenvalue weighted by Crippen LogP contribution is 2.26. The van der Waals surface area contributed by atoms with Gasteiger partial charge in [0.1, 0.15) is 37.3 Å². The molecule has 0 unspecified atom stereocenters. The number of ketones is 1. The van der Waals surface area contributed by atoms with E-state index < -0.39 is 28.3 Å². The molecule has 0 aliphatic heterocycles. The van der Waals surface area contributed by atoms with Gasteiger partial charge in [0.25, 0.3) is 22.2 Å². The lowest BCUT2D eigenvalue weighted by molar-refractivity contribution is -0.127. The van der Waals surface area contributed by atoms with Crippen LogP contribution in [0.3, 0.4) is 0 Å². The molecule has 2 N–H and O–H groups in total. The summed E-state index contributed by atoms with van der Waals surface area (Å²) in [6.07, 6.45) is -0.654. The minimum Gasteiger partial charge on any atom is -0.489 e. The smallest absolute Gasteiger partial charge is 0.272 e. The molecule has 2 aromatic carbocycles. The fourth-order valence-corrected chi connectivity index (χ4v) is 6.75. The first-order chi connectivity index (χ1) is 19.5. The third-order valence-electron chi connectivity index (χ3n) is 6.61. The molecule has 12 heteroatoms. The molecular weight excluding hydrogens is 566 g/mol. The van der Waals surface area contributed by atoms with E-state index in [1.165, 1.54) is 21.2 Å². The minimum absolute atomic E-state index is 0.0509. The van der Waals surface area contributed by atoms with Crippen molar-refractivity contribution < 1.29 is 14.3 Å². The summed E-state index contributed by atoms with van der Waals surface area (Å²) in [5.74, 6) is 0.700. The number of benzene rings is 2. The summed E-state index contributed by atoms with van der Waals surface area (Å²) in [5.41, 5.74) is 7.73. The number of nitrogens with zero attached hydrogens (tertiary/aromatic N) is 2. The molecule has 0 fully saturated rings. The Hall–Kier alpha value is -3.97. The van der Waals surface area contributed by atoms with Crippen LogP contribution in [0.5, 0.6) is 5.75 Å². The van der Waals surface area contributed by atoms with Crippen molar-refractivity contribution in [3.05, 3.63) is 106 Å². The highest BCUT2D eigenvalue weighted by atomic mass is 32.1. The van der Waals surface area contributed by atoms with E-state index in [1.54, 1.807) is 0 Å². The summed E-state index contributed by atoms with van der Waals surface area (Å²) in [6, 6.07) is 13.7. The molecule has 10 nitrogen and oxygen atoms in total. The molecule has 0 bridgehead atoms. The Kier molecular flexibility index (Phi) is 8.98. The molecule has 41 heavy (non-hydrogen) atoms. The fraction of sp³-hybridized carbons (Fsp3) is 0.276. The number of Topliss-reactive ketones (excluding diaryl/α,β-unsaturated/α-hetero) is 1. The third-order valence-corrected chi connectivity index (χ3v) is 9.20. The molecule has 3 heterocycles. The van der Waals surface area contributed by atoms with E-state index in [2.05, 4.69) is 6.07 Å². The van der Waals surface area contributed by atoms with Crippen molar-refractivity contribution in [2.45, 2.75) is 26.6 Å². The Bertz CT molecular complexity index is 1830. The highest BCUT2D eigenvalue weighted by molar-refractivity contribution is 7.36. The summed E-state index contributed by atoms with van der Waals surface area (Å²) >= 11 is 1.84. The van der Waals surface area contributed by atoms with Crippen LogP contribution in [0.15, 0.2) is 61.6 Å². The van der Waals surface area contributed by atoms with Crippen molar-refractivity contribution in [1.82, 2.24) is 9.13 Å². The molecule has 0 radical (unpaired) electrons. The van der Waals surface area contributed by atoms with Gasteiger partial charge in [-0.25, -0.2) is 0 Å². The first-order valence-corrected chi connectivity index (χ1v) is 14.2. The second-order valence-corrected chi connectivity index (χ2v) is 11.4. The van der Waals surface area contributed by atoms with Crippen molar-refractivity contribution in [3.8, 4) is 5.75 Å². The van der Waals surface area contributed by atoms with Gasteiger partial charge in [0.05, 0.1) is 6.54 Å². The van der Waals surface area contributed by atoms with Crippen LogP contribution < -0.4 is 32.7 Å². The average Bonchev–Trinajstić information content (AvgIpc) is 3.32. The summed E-state index contributed by atoms with van der Waals surface area (Å²) < 4.78 is 14.2. The molecule has 5 rings (SSSR count). The second kappa shape index (κ2) is 12.3. The van der Waals surface area contributed by atoms with Gasteiger partial charge in [-0.05, 0) is 42.2 Å². The van der Waals surface area contributed by atoms with Crippen LogP contribution >= 0.6 is 22.7 Å². The van der Waals surface area contributed by atoms with Crippen LogP contribution in [0, 0.1) is 13.8 Å².